The number of ketones is 1. The molecule has 1 atom stereocenters. The highest BCUT2D eigenvalue weighted by atomic mass is 32.2. The summed E-state index contributed by atoms with van der Waals surface area (Å²) in [6, 6.07) is 5.85. The van der Waals surface area contributed by atoms with E-state index in [9.17, 15) is 4.79 Å². The molecule has 1 aromatic heterocycles. The monoisotopic (exact) mass is 221 g/mol. The van der Waals surface area contributed by atoms with Gasteiger partial charge in [-0.25, -0.2) is 4.98 Å². The van der Waals surface area contributed by atoms with Crippen molar-refractivity contribution < 1.29 is 4.79 Å². The molecule has 0 aromatic carbocycles. The average Bonchev–Trinajstić information content (AvgIpc) is 2.46. The summed E-state index contributed by atoms with van der Waals surface area (Å²) in [5.74, 6) is 0.406. The van der Waals surface area contributed by atoms with Crippen LogP contribution in [0.3, 0.4) is 0 Å². The molecule has 0 saturated heterocycles. The maximum absolute atomic E-state index is 11.8. The Kier molecular flexibility index (Phi) is 3.78. The van der Waals surface area contributed by atoms with Gasteiger partial charge in [0, 0.05) is 12.6 Å². The van der Waals surface area contributed by atoms with Gasteiger partial charge in [0.15, 0.2) is 0 Å². The SMILES string of the molecule is O=C1CCCCCC1Sc1ccccn1. The van der Waals surface area contributed by atoms with E-state index < -0.39 is 0 Å². The molecule has 1 aromatic rings. The van der Waals surface area contributed by atoms with Crippen molar-refractivity contribution in [1.29, 1.82) is 0 Å². The largest absolute Gasteiger partial charge is 0.298 e. The van der Waals surface area contributed by atoms with E-state index in [1.165, 1.54) is 12.8 Å². The van der Waals surface area contributed by atoms with Crippen LogP contribution >= 0.6 is 11.8 Å². The van der Waals surface area contributed by atoms with E-state index in [0.29, 0.717) is 5.78 Å². The van der Waals surface area contributed by atoms with E-state index in [4.69, 9.17) is 0 Å². The number of carbonyl (C=O) groups excluding carboxylic acids is 1. The van der Waals surface area contributed by atoms with Crippen LogP contribution in [0.1, 0.15) is 32.1 Å². The molecule has 1 unspecified atom stereocenters. The van der Waals surface area contributed by atoms with Gasteiger partial charge in [-0.05, 0) is 25.0 Å². The van der Waals surface area contributed by atoms with Crippen LogP contribution in [0.5, 0.6) is 0 Å². The number of nitrogens with zero attached hydrogens (tertiary/aromatic N) is 1. The lowest BCUT2D eigenvalue weighted by Gasteiger charge is -2.11. The molecule has 1 fully saturated rings. The quantitative estimate of drug-likeness (QED) is 0.719. The van der Waals surface area contributed by atoms with Gasteiger partial charge in [0.1, 0.15) is 5.78 Å². The normalized spacial score (nSPS) is 22.4. The van der Waals surface area contributed by atoms with Crippen molar-refractivity contribution in [3.05, 3.63) is 24.4 Å². The Morgan fingerprint density at radius 1 is 1.27 bits per heavy atom. The first-order chi connectivity index (χ1) is 7.36. The molecule has 0 bridgehead atoms. The fourth-order valence-electron chi connectivity index (χ4n) is 1.81. The van der Waals surface area contributed by atoms with E-state index in [0.717, 1.165) is 24.3 Å². The number of Topliss-reactive ketones (excluding diaryl/α,β-unsaturated/α-hetero) is 1. The second-order valence-electron chi connectivity index (χ2n) is 3.84. The van der Waals surface area contributed by atoms with E-state index in [1.54, 1.807) is 18.0 Å². The molecule has 0 N–H and O–H groups in total. The Labute approximate surface area is 94.5 Å². The van der Waals surface area contributed by atoms with E-state index in [1.807, 2.05) is 18.2 Å². The van der Waals surface area contributed by atoms with Crippen molar-refractivity contribution >= 4 is 17.5 Å². The minimum absolute atomic E-state index is 0.141. The number of hydrogen-bond donors (Lipinski definition) is 0. The lowest BCUT2D eigenvalue weighted by molar-refractivity contribution is -0.118. The van der Waals surface area contributed by atoms with Crippen LogP contribution in [0, 0.1) is 0 Å². The van der Waals surface area contributed by atoms with Gasteiger partial charge in [-0.1, -0.05) is 30.7 Å². The highest BCUT2D eigenvalue weighted by molar-refractivity contribution is 8.00. The number of rotatable bonds is 2. The molecule has 0 amide bonds. The Morgan fingerprint density at radius 2 is 2.20 bits per heavy atom. The molecule has 1 aliphatic rings. The third kappa shape index (κ3) is 3.06. The molecule has 1 heterocycles. The fraction of sp³-hybridized carbons (Fsp3) is 0.500. The molecule has 15 heavy (non-hydrogen) atoms. The molecular weight excluding hydrogens is 206 g/mol. The van der Waals surface area contributed by atoms with Crippen LogP contribution in [0.25, 0.3) is 0 Å². The molecule has 0 spiro atoms. The summed E-state index contributed by atoms with van der Waals surface area (Å²) in [7, 11) is 0. The Morgan fingerprint density at radius 3 is 3.00 bits per heavy atom. The van der Waals surface area contributed by atoms with Gasteiger partial charge < -0.3 is 0 Å². The summed E-state index contributed by atoms with van der Waals surface area (Å²) >= 11 is 1.63. The van der Waals surface area contributed by atoms with E-state index in [-0.39, 0.29) is 5.25 Å². The lowest BCUT2D eigenvalue weighted by atomic mass is 10.2. The number of thioether (sulfide) groups is 1. The van der Waals surface area contributed by atoms with Gasteiger partial charge in [0.05, 0.1) is 10.3 Å². The summed E-state index contributed by atoms with van der Waals surface area (Å²) in [6.07, 6.45) is 6.99. The predicted octanol–water partition coefficient (Wildman–Crippen LogP) is 3.08. The van der Waals surface area contributed by atoms with Crippen LogP contribution in [-0.2, 0) is 4.79 Å². The number of carbonyl (C=O) groups is 1. The number of aromatic nitrogens is 1. The molecule has 0 radical (unpaired) electrons. The fourth-order valence-corrected chi connectivity index (χ4v) is 2.92. The van der Waals surface area contributed by atoms with Gasteiger partial charge in [0.25, 0.3) is 0 Å². The topological polar surface area (TPSA) is 30.0 Å². The Hall–Kier alpha value is -0.830. The van der Waals surface area contributed by atoms with Crippen LogP contribution in [0.4, 0.5) is 0 Å². The Bertz CT molecular complexity index is 326. The van der Waals surface area contributed by atoms with Crippen molar-refractivity contribution in [2.45, 2.75) is 42.4 Å². The summed E-state index contributed by atoms with van der Waals surface area (Å²) in [6.45, 7) is 0. The molecule has 3 heteroatoms. The second kappa shape index (κ2) is 5.31. The summed E-state index contributed by atoms with van der Waals surface area (Å²) in [4.78, 5) is 16.0. The van der Waals surface area contributed by atoms with E-state index >= 15 is 0 Å². The van der Waals surface area contributed by atoms with Crippen molar-refractivity contribution in [2.24, 2.45) is 0 Å². The van der Waals surface area contributed by atoms with Crippen molar-refractivity contribution in [3.63, 3.8) is 0 Å². The van der Waals surface area contributed by atoms with Crippen LogP contribution in [0.15, 0.2) is 29.4 Å². The Balaban J connectivity index is 2.01. The van der Waals surface area contributed by atoms with Crippen molar-refractivity contribution in [2.75, 3.05) is 0 Å². The molecule has 1 saturated carbocycles. The van der Waals surface area contributed by atoms with Gasteiger partial charge >= 0.3 is 0 Å². The minimum Gasteiger partial charge on any atom is -0.298 e. The molecule has 2 nitrogen and oxygen atoms in total. The number of hydrogen-bond acceptors (Lipinski definition) is 3. The first-order valence-electron chi connectivity index (χ1n) is 5.46. The van der Waals surface area contributed by atoms with Gasteiger partial charge in [-0.15, -0.1) is 0 Å². The van der Waals surface area contributed by atoms with Crippen LogP contribution < -0.4 is 0 Å². The maximum Gasteiger partial charge on any atom is 0.146 e. The van der Waals surface area contributed by atoms with Gasteiger partial charge in [-0.2, -0.15) is 0 Å². The van der Waals surface area contributed by atoms with Crippen LogP contribution in [0.2, 0.25) is 0 Å². The molecule has 80 valence electrons. The van der Waals surface area contributed by atoms with Gasteiger partial charge in [-0.3, -0.25) is 4.79 Å². The molecule has 2 rings (SSSR count). The van der Waals surface area contributed by atoms with Crippen molar-refractivity contribution in [1.82, 2.24) is 4.98 Å². The summed E-state index contributed by atoms with van der Waals surface area (Å²) in [5.41, 5.74) is 0. The maximum atomic E-state index is 11.8. The van der Waals surface area contributed by atoms with Crippen LogP contribution in [-0.4, -0.2) is 16.0 Å². The number of pyridine rings is 1. The zero-order valence-corrected chi connectivity index (χ0v) is 9.50. The average molecular weight is 221 g/mol. The lowest BCUT2D eigenvalue weighted by Crippen LogP contribution is -2.14. The first-order valence-corrected chi connectivity index (χ1v) is 6.34. The standard InChI is InChI=1S/C12H15NOS/c14-10-6-2-1-3-7-11(10)15-12-8-4-5-9-13-12/h4-5,8-9,11H,1-3,6-7H2. The molecular formula is C12H15NOS. The highest BCUT2D eigenvalue weighted by Crippen LogP contribution is 2.29. The highest BCUT2D eigenvalue weighted by Gasteiger charge is 2.21. The third-order valence-corrected chi connectivity index (χ3v) is 3.92. The molecule has 0 aliphatic heterocycles. The minimum atomic E-state index is 0.141. The van der Waals surface area contributed by atoms with Gasteiger partial charge in [0.2, 0.25) is 0 Å². The van der Waals surface area contributed by atoms with Crippen molar-refractivity contribution in [3.8, 4) is 0 Å². The zero-order valence-electron chi connectivity index (χ0n) is 8.69. The molecule has 1 aliphatic carbocycles. The predicted molar refractivity (Wildman–Crippen MR) is 62.0 cm³/mol. The summed E-state index contributed by atoms with van der Waals surface area (Å²) in [5, 5.41) is 1.11. The first kappa shape index (κ1) is 10.7. The smallest absolute Gasteiger partial charge is 0.146 e. The summed E-state index contributed by atoms with van der Waals surface area (Å²) < 4.78 is 0. The van der Waals surface area contributed by atoms with E-state index in [2.05, 4.69) is 4.98 Å². The third-order valence-electron chi connectivity index (χ3n) is 2.65. The second-order valence-corrected chi connectivity index (χ2v) is 5.06. The zero-order chi connectivity index (χ0) is 10.5.